The first-order valence-electron chi connectivity index (χ1n) is 4.33. The summed E-state index contributed by atoms with van der Waals surface area (Å²) in [5.41, 5.74) is 7.65. The molecule has 0 spiro atoms. The van der Waals surface area contributed by atoms with Crippen molar-refractivity contribution in [3.05, 3.63) is 41.6 Å². The summed E-state index contributed by atoms with van der Waals surface area (Å²) in [5, 5.41) is 0.946. The number of nitrogens with two attached hydrogens (primary N) is 1. The Hall–Kier alpha value is -1.90. The Morgan fingerprint density at radius 3 is 2.86 bits per heavy atom. The van der Waals surface area contributed by atoms with Gasteiger partial charge in [-0.25, -0.2) is 0 Å². The lowest BCUT2D eigenvalue weighted by molar-refractivity contribution is 0.100. The lowest BCUT2D eigenvalue weighted by Gasteiger charge is -2.00. The van der Waals surface area contributed by atoms with Gasteiger partial charge < -0.3 is 5.73 Å². The number of hydrogen-bond donors (Lipinski definition) is 1. The summed E-state index contributed by atoms with van der Waals surface area (Å²) in [4.78, 5) is 15.2. The maximum Gasteiger partial charge on any atom is 0.248 e. The maximum atomic E-state index is 10.9. The third-order valence-electron chi connectivity index (χ3n) is 2.10. The molecule has 0 radical (unpaired) electrons. The Morgan fingerprint density at radius 2 is 2.14 bits per heavy atom. The lowest BCUT2D eigenvalue weighted by Crippen LogP contribution is -2.10. The molecule has 0 unspecified atom stereocenters. The minimum absolute atomic E-state index is 0.409. The molecule has 0 aliphatic carbocycles. The second kappa shape index (κ2) is 3.10. The summed E-state index contributed by atoms with van der Waals surface area (Å²) in [6.07, 6.45) is 1.80. The average Bonchev–Trinajstić information content (AvgIpc) is 2.16. The number of aromatic nitrogens is 1. The van der Waals surface area contributed by atoms with Gasteiger partial charge in [0.25, 0.3) is 0 Å². The van der Waals surface area contributed by atoms with Gasteiger partial charge in [0.1, 0.15) is 0 Å². The van der Waals surface area contributed by atoms with E-state index in [9.17, 15) is 4.79 Å². The van der Waals surface area contributed by atoms with Crippen LogP contribution in [0, 0.1) is 6.92 Å². The number of fused-ring (bicyclic) bond motifs is 1. The van der Waals surface area contributed by atoms with Crippen LogP contribution in [-0.4, -0.2) is 10.9 Å². The molecule has 0 saturated heterocycles. The van der Waals surface area contributed by atoms with Crippen molar-refractivity contribution in [2.75, 3.05) is 0 Å². The molecule has 0 fully saturated rings. The standard InChI is InChI=1S/C11H10N2O/c1-7-4-9-5-8(11(12)14)2-3-10(9)13-6-7/h2-6H,1H3,(H2,12,14). The largest absolute Gasteiger partial charge is 0.366 e. The SMILES string of the molecule is Cc1cnc2ccc(C(N)=O)cc2c1. The van der Waals surface area contributed by atoms with Crippen molar-refractivity contribution in [1.82, 2.24) is 4.98 Å². The molecule has 14 heavy (non-hydrogen) atoms. The van der Waals surface area contributed by atoms with E-state index in [1.807, 2.05) is 13.0 Å². The molecule has 0 atom stereocenters. The number of hydrogen-bond acceptors (Lipinski definition) is 2. The molecular weight excluding hydrogens is 176 g/mol. The van der Waals surface area contributed by atoms with Crippen molar-refractivity contribution in [2.24, 2.45) is 5.73 Å². The highest BCUT2D eigenvalue weighted by molar-refractivity contribution is 5.96. The molecule has 0 saturated carbocycles. The molecule has 2 aromatic rings. The molecule has 1 aromatic carbocycles. The van der Waals surface area contributed by atoms with Gasteiger partial charge in [-0.2, -0.15) is 0 Å². The van der Waals surface area contributed by atoms with Crippen LogP contribution in [0.1, 0.15) is 15.9 Å². The Kier molecular flexibility index (Phi) is 1.93. The first-order valence-corrected chi connectivity index (χ1v) is 4.33. The Labute approximate surface area is 81.6 Å². The zero-order valence-electron chi connectivity index (χ0n) is 7.82. The number of benzene rings is 1. The van der Waals surface area contributed by atoms with Crippen molar-refractivity contribution in [1.29, 1.82) is 0 Å². The fourth-order valence-electron chi connectivity index (χ4n) is 1.39. The second-order valence-corrected chi connectivity index (χ2v) is 3.28. The van der Waals surface area contributed by atoms with Crippen molar-refractivity contribution in [3.63, 3.8) is 0 Å². The molecule has 0 aliphatic rings. The van der Waals surface area contributed by atoms with Crippen LogP contribution in [0.15, 0.2) is 30.5 Å². The van der Waals surface area contributed by atoms with E-state index in [4.69, 9.17) is 5.73 Å². The highest BCUT2D eigenvalue weighted by Gasteiger charge is 2.01. The summed E-state index contributed by atoms with van der Waals surface area (Å²) in [5.74, 6) is -0.409. The third-order valence-corrected chi connectivity index (χ3v) is 2.10. The number of aryl methyl sites for hydroxylation is 1. The predicted octanol–water partition coefficient (Wildman–Crippen LogP) is 1.64. The van der Waals surface area contributed by atoms with Crippen LogP contribution in [-0.2, 0) is 0 Å². The van der Waals surface area contributed by atoms with Crippen LogP contribution in [0.4, 0.5) is 0 Å². The number of pyridine rings is 1. The van der Waals surface area contributed by atoms with Gasteiger partial charge in [0.05, 0.1) is 5.52 Å². The Morgan fingerprint density at radius 1 is 1.36 bits per heavy atom. The van der Waals surface area contributed by atoms with Crippen LogP contribution in [0.25, 0.3) is 10.9 Å². The molecular formula is C11H10N2O. The molecule has 0 aliphatic heterocycles. The highest BCUT2D eigenvalue weighted by Crippen LogP contribution is 2.14. The fraction of sp³-hybridized carbons (Fsp3) is 0.0909. The number of carbonyl (C=O) groups is 1. The van der Waals surface area contributed by atoms with Gasteiger partial charge in [0.2, 0.25) is 5.91 Å². The Balaban J connectivity index is 2.69. The second-order valence-electron chi connectivity index (χ2n) is 3.28. The first-order chi connectivity index (χ1) is 6.66. The number of carbonyl (C=O) groups excluding carboxylic acids is 1. The molecule has 1 heterocycles. The molecule has 70 valence electrons. The zero-order chi connectivity index (χ0) is 10.1. The average molecular weight is 186 g/mol. The predicted molar refractivity (Wildman–Crippen MR) is 55.0 cm³/mol. The summed E-state index contributed by atoms with van der Waals surface area (Å²) in [6.45, 7) is 1.96. The topological polar surface area (TPSA) is 56.0 Å². The van der Waals surface area contributed by atoms with E-state index in [0.29, 0.717) is 5.56 Å². The van der Waals surface area contributed by atoms with Crippen LogP contribution in [0.5, 0.6) is 0 Å². The van der Waals surface area contributed by atoms with Gasteiger partial charge >= 0.3 is 0 Å². The number of nitrogens with zero attached hydrogens (tertiary/aromatic N) is 1. The number of amides is 1. The number of rotatable bonds is 1. The van der Waals surface area contributed by atoms with E-state index in [0.717, 1.165) is 16.5 Å². The fourth-order valence-corrected chi connectivity index (χ4v) is 1.39. The molecule has 0 bridgehead atoms. The van der Waals surface area contributed by atoms with E-state index >= 15 is 0 Å². The molecule has 1 aromatic heterocycles. The van der Waals surface area contributed by atoms with E-state index in [1.54, 1.807) is 24.4 Å². The number of primary amides is 1. The summed E-state index contributed by atoms with van der Waals surface area (Å²) < 4.78 is 0. The van der Waals surface area contributed by atoms with Crippen molar-refractivity contribution < 1.29 is 4.79 Å². The molecule has 1 amide bonds. The Bertz CT molecular complexity index is 506. The molecule has 2 N–H and O–H groups in total. The van der Waals surface area contributed by atoms with E-state index in [-0.39, 0.29) is 0 Å². The summed E-state index contributed by atoms with van der Waals surface area (Å²) >= 11 is 0. The molecule has 2 rings (SSSR count). The van der Waals surface area contributed by atoms with Gasteiger partial charge in [-0.1, -0.05) is 0 Å². The monoisotopic (exact) mass is 186 g/mol. The minimum atomic E-state index is -0.409. The first kappa shape index (κ1) is 8.69. The quantitative estimate of drug-likeness (QED) is 0.736. The zero-order valence-corrected chi connectivity index (χ0v) is 7.82. The molecule has 3 nitrogen and oxygen atoms in total. The minimum Gasteiger partial charge on any atom is -0.366 e. The van der Waals surface area contributed by atoms with Gasteiger partial charge in [-0.15, -0.1) is 0 Å². The highest BCUT2D eigenvalue weighted by atomic mass is 16.1. The van der Waals surface area contributed by atoms with Crippen LogP contribution in [0.3, 0.4) is 0 Å². The van der Waals surface area contributed by atoms with Crippen molar-refractivity contribution >= 4 is 16.8 Å². The molecule has 3 heteroatoms. The van der Waals surface area contributed by atoms with E-state index in [2.05, 4.69) is 4.98 Å². The van der Waals surface area contributed by atoms with Crippen LogP contribution < -0.4 is 5.73 Å². The third kappa shape index (κ3) is 1.44. The van der Waals surface area contributed by atoms with Gasteiger partial charge in [-0.3, -0.25) is 9.78 Å². The van der Waals surface area contributed by atoms with Crippen LogP contribution >= 0.6 is 0 Å². The van der Waals surface area contributed by atoms with E-state index in [1.165, 1.54) is 0 Å². The lowest BCUT2D eigenvalue weighted by atomic mass is 10.1. The van der Waals surface area contributed by atoms with Crippen molar-refractivity contribution in [3.8, 4) is 0 Å². The van der Waals surface area contributed by atoms with Gasteiger partial charge in [0.15, 0.2) is 0 Å². The summed E-state index contributed by atoms with van der Waals surface area (Å²) in [7, 11) is 0. The maximum absolute atomic E-state index is 10.9. The van der Waals surface area contributed by atoms with Crippen LogP contribution in [0.2, 0.25) is 0 Å². The van der Waals surface area contributed by atoms with Gasteiger partial charge in [0, 0.05) is 17.1 Å². The summed E-state index contributed by atoms with van der Waals surface area (Å²) in [6, 6.07) is 7.23. The van der Waals surface area contributed by atoms with E-state index < -0.39 is 5.91 Å². The smallest absolute Gasteiger partial charge is 0.248 e. The van der Waals surface area contributed by atoms with Gasteiger partial charge in [-0.05, 0) is 36.8 Å². The van der Waals surface area contributed by atoms with Crippen molar-refractivity contribution in [2.45, 2.75) is 6.92 Å². The normalized spacial score (nSPS) is 10.4.